The second kappa shape index (κ2) is 5.10. The fourth-order valence-electron chi connectivity index (χ4n) is 2.43. The van der Waals surface area contributed by atoms with E-state index >= 15 is 0 Å². The zero-order chi connectivity index (χ0) is 15.1. The summed E-state index contributed by atoms with van der Waals surface area (Å²) in [6, 6.07) is -1.29. The Morgan fingerprint density at radius 3 is 2.70 bits per heavy atom. The van der Waals surface area contributed by atoms with E-state index in [9.17, 15) is 19.8 Å². The molecule has 0 aromatic rings. The quantitative estimate of drug-likeness (QED) is 0.628. The minimum absolute atomic E-state index is 0.0151. The van der Waals surface area contributed by atoms with Crippen LogP contribution in [0.5, 0.6) is 0 Å². The normalized spacial score (nSPS) is 32.9. The molecule has 2 fully saturated rings. The van der Waals surface area contributed by atoms with E-state index in [1.165, 1.54) is 4.90 Å². The predicted octanol–water partition coefficient (Wildman–Crippen LogP) is -0.564. The zero-order valence-corrected chi connectivity index (χ0v) is 11.7. The highest BCUT2D eigenvalue weighted by molar-refractivity contribution is 5.72. The number of aliphatic hydroxyl groups is 2. The van der Waals surface area contributed by atoms with Gasteiger partial charge in [0.25, 0.3) is 0 Å². The molecule has 2 heterocycles. The molecule has 0 unspecified atom stereocenters. The van der Waals surface area contributed by atoms with Crippen molar-refractivity contribution in [1.82, 2.24) is 10.2 Å². The van der Waals surface area contributed by atoms with Crippen LogP contribution in [0.2, 0.25) is 0 Å². The first-order valence-electron chi connectivity index (χ1n) is 6.49. The molecule has 0 saturated carbocycles. The molecule has 0 aromatic heterocycles. The standard InChI is InChI=1S/C12H20N2O6/c1-12(2,3)20-10(17)13-4-6-8(15)9(16)7-5-19-11(18)14(6)7/h6-9,15-16H,4-5H2,1-3H3,(H,13,17)/t6-,7+,8-,9-/m1/s1. The molecular weight excluding hydrogens is 268 g/mol. The average molecular weight is 288 g/mol. The Bertz CT molecular complexity index is 407. The van der Waals surface area contributed by atoms with E-state index in [1.807, 2.05) is 0 Å². The number of amides is 2. The predicted molar refractivity (Wildman–Crippen MR) is 67.0 cm³/mol. The molecule has 8 nitrogen and oxygen atoms in total. The highest BCUT2D eigenvalue weighted by Crippen LogP contribution is 2.30. The van der Waals surface area contributed by atoms with E-state index in [0.717, 1.165) is 0 Å². The second-order valence-corrected chi connectivity index (χ2v) is 5.98. The lowest BCUT2D eigenvalue weighted by Crippen LogP contribution is -2.47. The monoisotopic (exact) mass is 288 g/mol. The molecule has 2 aliphatic heterocycles. The molecule has 4 atom stereocenters. The number of carbonyl (C=O) groups excluding carboxylic acids is 2. The van der Waals surface area contributed by atoms with E-state index in [0.29, 0.717) is 0 Å². The van der Waals surface area contributed by atoms with Crippen LogP contribution in [0, 0.1) is 0 Å². The zero-order valence-electron chi connectivity index (χ0n) is 11.7. The third-order valence-electron chi connectivity index (χ3n) is 3.30. The van der Waals surface area contributed by atoms with Gasteiger partial charge in [-0.1, -0.05) is 0 Å². The van der Waals surface area contributed by atoms with Crippen molar-refractivity contribution >= 4 is 12.2 Å². The van der Waals surface area contributed by atoms with Crippen molar-refractivity contribution in [2.75, 3.05) is 13.2 Å². The van der Waals surface area contributed by atoms with Crippen molar-refractivity contribution in [1.29, 1.82) is 0 Å². The van der Waals surface area contributed by atoms with E-state index in [4.69, 9.17) is 9.47 Å². The smallest absolute Gasteiger partial charge is 0.410 e. The SMILES string of the molecule is CC(C)(C)OC(=O)NC[C@@H]1[C@@H](O)[C@H](O)[C@@H]2COC(=O)N12. The molecule has 2 saturated heterocycles. The second-order valence-electron chi connectivity index (χ2n) is 5.98. The number of nitrogens with one attached hydrogen (secondary N) is 1. The van der Waals surface area contributed by atoms with Crippen molar-refractivity contribution in [3.8, 4) is 0 Å². The summed E-state index contributed by atoms with van der Waals surface area (Å²) in [5, 5.41) is 22.3. The fourth-order valence-corrected chi connectivity index (χ4v) is 2.43. The number of ether oxygens (including phenoxy) is 2. The number of carbonyl (C=O) groups is 2. The molecule has 0 aromatic carbocycles. The number of nitrogens with zero attached hydrogens (tertiary/aromatic N) is 1. The van der Waals surface area contributed by atoms with Crippen molar-refractivity contribution in [3.05, 3.63) is 0 Å². The van der Waals surface area contributed by atoms with E-state index in [2.05, 4.69) is 5.32 Å². The molecule has 0 bridgehead atoms. The Labute approximate surface area is 116 Å². The molecule has 20 heavy (non-hydrogen) atoms. The number of rotatable bonds is 2. The lowest BCUT2D eigenvalue weighted by atomic mass is 10.1. The van der Waals surface area contributed by atoms with Crippen molar-refractivity contribution < 1.29 is 29.3 Å². The number of hydrogen-bond acceptors (Lipinski definition) is 6. The molecule has 2 aliphatic rings. The summed E-state index contributed by atoms with van der Waals surface area (Å²) >= 11 is 0. The lowest BCUT2D eigenvalue weighted by molar-refractivity contribution is 0.0168. The third kappa shape index (κ3) is 2.80. The maximum atomic E-state index is 11.6. The Balaban J connectivity index is 1.95. The Morgan fingerprint density at radius 1 is 1.45 bits per heavy atom. The molecular formula is C12H20N2O6. The largest absolute Gasteiger partial charge is 0.447 e. The first-order chi connectivity index (χ1) is 9.20. The van der Waals surface area contributed by atoms with Gasteiger partial charge in [-0.05, 0) is 20.8 Å². The van der Waals surface area contributed by atoms with E-state index < -0.39 is 42.1 Å². The number of hydrogen-bond donors (Lipinski definition) is 3. The van der Waals surface area contributed by atoms with Gasteiger partial charge in [-0.3, -0.25) is 4.90 Å². The molecule has 0 spiro atoms. The van der Waals surface area contributed by atoms with Crippen molar-refractivity contribution in [3.63, 3.8) is 0 Å². The number of fused-ring (bicyclic) bond motifs is 1. The summed E-state index contributed by atoms with van der Waals surface area (Å²) in [4.78, 5) is 24.4. The summed E-state index contributed by atoms with van der Waals surface area (Å²) in [5.74, 6) is 0. The van der Waals surface area contributed by atoms with Gasteiger partial charge in [0.2, 0.25) is 0 Å². The van der Waals surface area contributed by atoms with Crippen LogP contribution in [0.25, 0.3) is 0 Å². The highest BCUT2D eigenvalue weighted by atomic mass is 16.6. The van der Waals surface area contributed by atoms with Gasteiger partial charge >= 0.3 is 12.2 Å². The van der Waals surface area contributed by atoms with Crippen LogP contribution >= 0.6 is 0 Å². The molecule has 3 N–H and O–H groups in total. The number of alkyl carbamates (subject to hydrolysis) is 1. The van der Waals surface area contributed by atoms with Crippen LogP contribution in [0.15, 0.2) is 0 Å². The molecule has 2 rings (SSSR count). The summed E-state index contributed by atoms with van der Waals surface area (Å²) in [7, 11) is 0. The Morgan fingerprint density at radius 2 is 2.10 bits per heavy atom. The number of aliphatic hydroxyl groups excluding tert-OH is 2. The molecule has 2 amide bonds. The summed E-state index contributed by atoms with van der Waals surface area (Å²) in [5.41, 5.74) is -0.632. The lowest BCUT2D eigenvalue weighted by Gasteiger charge is -2.24. The third-order valence-corrected chi connectivity index (χ3v) is 3.30. The van der Waals surface area contributed by atoms with Gasteiger partial charge in [0, 0.05) is 6.54 Å². The fraction of sp³-hybridized carbons (Fsp3) is 0.833. The van der Waals surface area contributed by atoms with Gasteiger partial charge < -0.3 is 25.0 Å². The maximum Gasteiger partial charge on any atom is 0.410 e. The van der Waals surface area contributed by atoms with E-state index in [-0.39, 0.29) is 13.2 Å². The number of cyclic esters (lactones) is 1. The van der Waals surface area contributed by atoms with Crippen molar-refractivity contribution in [2.45, 2.75) is 50.7 Å². The summed E-state index contributed by atoms with van der Waals surface area (Å²) in [6.07, 6.45) is -3.44. The van der Waals surface area contributed by atoms with Crippen LogP contribution in [0.4, 0.5) is 9.59 Å². The first kappa shape index (κ1) is 14.9. The van der Waals surface area contributed by atoms with Gasteiger partial charge in [0.1, 0.15) is 24.4 Å². The van der Waals surface area contributed by atoms with E-state index in [1.54, 1.807) is 20.8 Å². The molecule has 0 aliphatic carbocycles. The Kier molecular flexibility index (Phi) is 3.79. The molecule has 0 radical (unpaired) electrons. The highest BCUT2D eigenvalue weighted by Gasteiger charge is 2.54. The van der Waals surface area contributed by atoms with Gasteiger partial charge in [-0.25, -0.2) is 9.59 Å². The van der Waals surface area contributed by atoms with Crippen LogP contribution in [-0.2, 0) is 9.47 Å². The first-order valence-corrected chi connectivity index (χ1v) is 6.49. The maximum absolute atomic E-state index is 11.6. The topological polar surface area (TPSA) is 108 Å². The average Bonchev–Trinajstić information content (AvgIpc) is 2.78. The Hall–Kier alpha value is -1.54. The summed E-state index contributed by atoms with van der Waals surface area (Å²) in [6.45, 7) is 5.22. The van der Waals surface area contributed by atoms with Gasteiger partial charge in [0.05, 0.1) is 12.1 Å². The molecule has 8 heteroatoms. The van der Waals surface area contributed by atoms with Crippen LogP contribution in [0.3, 0.4) is 0 Å². The molecule has 114 valence electrons. The van der Waals surface area contributed by atoms with Crippen molar-refractivity contribution in [2.24, 2.45) is 0 Å². The minimum Gasteiger partial charge on any atom is -0.447 e. The van der Waals surface area contributed by atoms with Crippen LogP contribution in [-0.4, -0.2) is 70.3 Å². The minimum atomic E-state index is -1.12. The van der Waals surface area contributed by atoms with Gasteiger partial charge in [0.15, 0.2) is 0 Å². The van der Waals surface area contributed by atoms with Gasteiger partial charge in [-0.2, -0.15) is 0 Å². The van der Waals surface area contributed by atoms with Crippen LogP contribution in [0.1, 0.15) is 20.8 Å². The van der Waals surface area contributed by atoms with Crippen LogP contribution < -0.4 is 5.32 Å². The van der Waals surface area contributed by atoms with Gasteiger partial charge in [-0.15, -0.1) is 0 Å². The summed E-state index contributed by atoms with van der Waals surface area (Å²) < 4.78 is 9.90.